The third-order valence-electron chi connectivity index (χ3n) is 3.67. The van der Waals surface area contributed by atoms with E-state index in [2.05, 4.69) is 10.0 Å². The van der Waals surface area contributed by atoms with Crippen LogP contribution in [0.15, 0.2) is 23.1 Å². The maximum Gasteiger partial charge on any atom is 0.417 e. The van der Waals surface area contributed by atoms with Gasteiger partial charge in [0, 0.05) is 17.6 Å². The van der Waals surface area contributed by atoms with Crippen molar-refractivity contribution in [3.63, 3.8) is 0 Å². The van der Waals surface area contributed by atoms with Crippen LogP contribution in [0.5, 0.6) is 0 Å². The summed E-state index contributed by atoms with van der Waals surface area (Å²) in [6.07, 6.45) is -4.05. The van der Waals surface area contributed by atoms with Crippen molar-refractivity contribution in [3.8, 4) is 0 Å². The highest BCUT2D eigenvalue weighted by molar-refractivity contribution is 7.89. The van der Waals surface area contributed by atoms with Crippen LogP contribution in [0.25, 0.3) is 0 Å². The first-order chi connectivity index (χ1) is 10.1. The molecule has 0 saturated carbocycles. The van der Waals surface area contributed by atoms with E-state index in [1.807, 2.05) is 6.92 Å². The zero-order valence-corrected chi connectivity index (χ0v) is 13.3. The Morgan fingerprint density at radius 3 is 2.64 bits per heavy atom. The average Bonchev–Trinajstić information content (AvgIpc) is 2.40. The van der Waals surface area contributed by atoms with Crippen LogP contribution >= 0.6 is 11.6 Å². The molecule has 2 rings (SSSR count). The first-order valence-electron chi connectivity index (χ1n) is 6.71. The standard InChI is InChI=1S/C13H16ClF3N2O2S/c1-8-4-5-18-7-11(8)19-22(20,21)12-3-2-9(14)6-10(12)13(15,16)17/h2-3,6,8,11,18-19H,4-5,7H2,1H3. The lowest BCUT2D eigenvalue weighted by Gasteiger charge is -2.30. The number of nitrogens with one attached hydrogen (secondary N) is 2. The molecule has 0 amide bonds. The maximum absolute atomic E-state index is 13.1. The van der Waals surface area contributed by atoms with Crippen molar-refractivity contribution in [2.45, 2.75) is 30.5 Å². The molecule has 1 heterocycles. The molecule has 1 fully saturated rings. The van der Waals surface area contributed by atoms with Gasteiger partial charge < -0.3 is 5.32 Å². The molecule has 1 aromatic rings. The van der Waals surface area contributed by atoms with Crippen molar-refractivity contribution in [1.29, 1.82) is 0 Å². The van der Waals surface area contributed by atoms with Gasteiger partial charge in [-0.3, -0.25) is 0 Å². The van der Waals surface area contributed by atoms with Gasteiger partial charge in [0.15, 0.2) is 0 Å². The van der Waals surface area contributed by atoms with Crippen LogP contribution in [-0.4, -0.2) is 27.5 Å². The summed E-state index contributed by atoms with van der Waals surface area (Å²) < 4.78 is 66.2. The van der Waals surface area contributed by atoms with Crippen LogP contribution in [-0.2, 0) is 16.2 Å². The van der Waals surface area contributed by atoms with Gasteiger partial charge in [-0.05, 0) is 37.1 Å². The third kappa shape index (κ3) is 3.92. The minimum absolute atomic E-state index is 0.0395. The van der Waals surface area contributed by atoms with Gasteiger partial charge in [-0.15, -0.1) is 0 Å². The summed E-state index contributed by atoms with van der Waals surface area (Å²) in [5, 5.41) is 2.86. The van der Waals surface area contributed by atoms with E-state index in [9.17, 15) is 21.6 Å². The summed E-state index contributed by atoms with van der Waals surface area (Å²) in [6, 6.07) is 2.19. The zero-order chi connectivity index (χ0) is 16.5. The van der Waals surface area contributed by atoms with Gasteiger partial charge in [-0.1, -0.05) is 18.5 Å². The zero-order valence-electron chi connectivity index (χ0n) is 11.7. The van der Waals surface area contributed by atoms with E-state index < -0.39 is 32.7 Å². The number of hydrogen-bond donors (Lipinski definition) is 2. The molecule has 22 heavy (non-hydrogen) atoms. The Hall–Kier alpha value is -0.830. The predicted molar refractivity (Wildman–Crippen MR) is 77.2 cm³/mol. The Labute approximate surface area is 132 Å². The quantitative estimate of drug-likeness (QED) is 0.875. The third-order valence-corrected chi connectivity index (χ3v) is 5.45. The van der Waals surface area contributed by atoms with E-state index >= 15 is 0 Å². The van der Waals surface area contributed by atoms with Crippen molar-refractivity contribution < 1.29 is 21.6 Å². The Morgan fingerprint density at radius 2 is 2.05 bits per heavy atom. The summed E-state index contributed by atoms with van der Waals surface area (Å²) in [5.41, 5.74) is -1.26. The Bertz CT molecular complexity index is 649. The van der Waals surface area contributed by atoms with E-state index in [4.69, 9.17) is 11.6 Å². The minimum Gasteiger partial charge on any atom is -0.315 e. The average molecular weight is 357 g/mol. The van der Waals surface area contributed by atoms with Gasteiger partial charge in [0.2, 0.25) is 10.0 Å². The molecule has 1 aliphatic heterocycles. The smallest absolute Gasteiger partial charge is 0.315 e. The van der Waals surface area contributed by atoms with Gasteiger partial charge in [0.05, 0.1) is 10.5 Å². The van der Waals surface area contributed by atoms with Crippen molar-refractivity contribution in [1.82, 2.24) is 10.0 Å². The molecule has 0 aliphatic carbocycles. The molecule has 1 aromatic carbocycles. The topological polar surface area (TPSA) is 58.2 Å². The van der Waals surface area contributed by atoms with Crippen molar-refractivity contribution in [2.75, 3.05) is 13.1 Å². The predicted octanol–water partition coefficient (Wildman–Crippen LogP) is 2.64. The first kappa shape index (κ1) is 17.5. The molecule has 0 aromatic heterocycles. The summed E-state index contributed by atoms with van der Waals surface area (Å²) in [6.45, 7) is 3.00. The van der Waals surface area contributed by atoms with Gasteiger partial charge in [-0.25, -0.2) is 13.1 Å². The summed E-state index contributed by atoms with van der Waals surface area (Å²) >= 11 is 5.56. The second-order valence-electron chi connectivity index (χ2n) is 5.34. The van der Waals surface area contributed by atoms with Crippen LogP contribution in [0, 0.1) is 5.92 Å². The van der Waals surface area contributed by atoms with Crippen molar-refractivity contribution in [3.05, 3.63) is 28.8 Å². The number of hydrogen-bond acceptors (Lipinski definition) is 3. The van der Waals surface area contributed by atoms with Crippen LogP contribution in [0.2, 0.25) is 5.02 Å². The number of piperidine rings is 1. The highest BCUT2D eigenvalue weighted by Gasteiger charge is 2.38. The monoisotopic (exact) mass is 356 g/mol. The molecule has 2 unspecified atom stereocenters. The second kappa shape index (κ2) is 6.35. The molecule has 1 saturated heterocycles. The summed E-state index contributed by atoms with van der Waals surface area (Å²) in [7, 11) is -4.29. The fourth-order valence-corrected chi connectivity index (χ4v) is 4.09. The Balaban J connectivity index is 2.37. The fourth-order valence-electron chi connectivity index (χ4n) is 2.37. The molecule has 0 bridgehead atoms. The molecule has 0 spiro atoms. The van der Waals surface area contributed by atoms with Gasteiger partial charge in [0.25, 0.3) is 0 Å². The van der Waals surface area contributed by atoms with E-state index in [-0.39, 0.29) is 10.9 Å². The van der Waals surface area contributed by atoms with Gasteiger partial charge in [0.1, 0.15) is 0 Å². The lowest BCUT2D eigenvalue weighted by Crippen LogP contribution is -2.50. The van der Waals surface area contributed by atoms with Crippen LogP contribution in [0.3, 0.4) is 0 Å². The Morgan fingerprint density at radius 1 is 1.36 bits per heavy atom. The van der Waals surface area contributed by atoms with Crippen molar-refractivity contribution in [2.24, 2.45) is 5.92 Å². The molecule has 124 valence electrons. The number of alkyl halides is 3. The second-order valence-corrected chi connectivity index (χ2v) is 7.45. The number of benzene rings is 1. The maximum atomic E-state index is 13.1. The normalized spacial score (nSPS) is 23.5. The van der Waals surface area contributed by atoms with Gasteiger partial charge >= 0.3 is 6.18 Å². The summed E-state index contributed by atoms with van der Waals surface area (Å²) in [4.78, 5) is -0.804. The fraction of sp³-hybridized carbons (Fsp3) is 0.538. The van der Waals surface area contributed by atoms with Gasteiger partial charge in [-0.2, -0.15) is 13.2 Å². The first-order valence-corrected chi connectivity index (χ1v) is 8.57. The number of sulfonamides is 1. The SMILES string of the molecule is CC1CCNCC1NS(=O)(=O)c1ccc(Cl)cc1C(F)(F)F. The Kier molecular flexibility index (Phi) is 5.06. The molecule has 2 N–H and O–H groups in total. The van der Waals surface area contributed by atoms with Crippen molar-refractivity contribution >= 4 is 21.6 Å². The van der Waals surface area contributed by atoms with Crippen LogP contribution in [0.4, 0.5) is 13.2 Å². The number of rotatable bonds is 3. The molecule has 1 aliphatic rings. The number of halogens is 4. The van der Waals surface area contributed by atoms with Crippen LogP contribution < -0.4 is 10.0 Å². The largest absolute Gasteiger partial charge is 0.417 e. The molecular formula is C13H16ClF3N2O2S. The minimum atomic E-state index is -4.80. The van der Waals surface area contributed by atoms with E-state index in [0.717, 1.165) is 25.1 Å². The molecule has 0 radical (unpaired) electrons. The molecular weight excluding hydrogens is 341 g/mol. The molecule has 2 atom stereocenters. The summed E-state index contributed by atoms with van der Waals surface area (Å²) in [5.74, 6) is 0.0395. The van der Waals surface area contributed by atoms with E-state index in [1.165, 1.54) is 0 Å². The molecule has 4 nitrogen and oxygen atoms in total. The lowest BCUT2D eigenvalue weighted by molar-refractivity contribution is -0.139. The highest BCUT2D eigenvalue weighted by atomic mass is 35.5. The highest BCUT2D eigenvalue weighted by Crippen LogP contribution is 2.36. The van der Waals surface area contributed by atoms with Crippen LogP contribution in [0.1, 0.15) is 18.9 Å². The van der Waals surface area contributed by atoms with E-state index in [1.54, 1.807) is 0 Å². The lowest BCUT2D eigenvalue weighted by atomic mass is 9.96. The molecule has 9 heteroatoms. The van der Waals surface area contributed by atoms with E-state index in [0.29, 0.717) is 12.6 Å².